The van der Waals surface area contributed by atoms with Crippen molar-refractivity contribution in [3.8, 4) is 5.75 Å². The van der Waals surface area contributed by atoms with Gasteiger partial charge in [0.25, 0.3) is 0 Å². The molecule has 4 rings (SSSR count). The smallest absolute Gasteiger partial charge is 0.228 e. The molecule has 0 saturated heterocycles. The van der Waals surface area contributed by atoms with Gasteiger partial charge < -0.3 is 15.0 Å². The third-order valence-corrected chi connectivity index (χ3v) is 4.56. The summed E-state index contributed by atoms with van der Waals surface area (Å²) >= 11 is 0. The fraction of sp³-hybridized carbons (Fsp3) is 0.182. The number of benzene rings is 2. The Morgan fingerprint density at radius 2 is 1.85 bits per heavy atom. The topological polar surface area (TPSA) is 54.5 Å². The fourth-order valence-electron chi connectivity index (χ4n) is 3.21. The molecule has 1 aromatic heterocycles. The lowest BCUT2D eigenvalue weighted by Gasteiger charge is -2.19. The first-order chi connectivity index (χ1) is 13.3. The summed E-state index contributed by atoms with van der Waals surface area (Å²) in [6.45, 7) is 1.28. The van der Waals surface area contributed by atoms with Gasteiger partial charge in [0, 0.05) is 12.2 Å². The van der Waals surface area contributed by atoms with Crippen LogP contribution in [0.3, 0.4) is 0 Å². The average molecular weight is 359 g/mol. The maximum absolute atomic E-state index is 12.1. The monoisotopic (exact) mass is 359 g/mol. The van der Waals surface area contributed by atoms with Gasteiger partial charge in [-0.2, -0.15) is 0 Å². The molecule has 5 nitrogen and oxygen atoms in total. The number of carbonyl (C=O) groups excluding carboxylic acids is 1. The molecule has 0 saturated carbocycles. The van der Waals surface area contributed by atoms with Gasteiger partial charge in [-0.3, -0.25) is 4.79 Å². The number of carbonyl (C=O) groups is 1. The number of rotatable bonds is 6. The van der Waals surface area contributed by atoms with Crippen molar-refractivity contribution >= 4 is 23.1 Å². The number of fused-ring (bicyclic) bond motifs is 1. The molecule has 0 radical (unpaired) electrons. The molecule has 0 fully saturated rings. The van der Waals surface area contributed by atoms with Crippen LogP contribution in [0.5, 0.6) is 5.75 Å². The van der Waals surface area contributed by atoms with E-state index in [-0.39, 0.29) is 12.3 Å². The Bertz CT molecular complexity index is 910. The van der Waals surface area contributed by atoms with E-state index in [1.807, 2.05) is 42.5 Å². The molecule has 0 atom stereocenters. The zero-order chi connectivity index (χ0) is 18.5. The Labute approximate surface area is 158 Å². The van der Waals surface area contributed by atoms with Gasteiger partial charge >= 0.3 is 0 Å². The normalized spacial score (nSPS) is 12.5. The number of hydrogen-bond donors (Lipinski definition) is 1. The van der Waals surface area contributed by atoms with Gasteiger partial charge in [0.2, 0.25) is 5.91 Å². The van der Waals surface area contributed by atoms with Crippen molar-refractivity contribution < 1.29 is 9.53 Å². The third-order valence-electron chi connectivity index (χ3n) is 4.56. The highest BCUT2D eigenvalue weighted by molar-refractivity contribution is 5.90. The number of pyridine rings is 1. The van der Waals surface area contributed by atoms with Gasteiger partial charge in [-0.25, -0.2) is 4.98 Å². The van der Waals surface area contributed by atoms with E-state index in [1.165, 1.54) is 11.3 Å². The lowest BCUT2D eigenvalue weighted by atomic mass is 10.2. The van der Waals surface area contributed by atoms with E-state index in [2.05, 4.69) is 39.5 Å². The van der Waals surface area contributed by atoms with Crippen LogP contribution in [0.1, 0.15) is 12.0 Å². The average Bonchev–Trinajstić information content (AvgIpc) is 3.14. The van der Waals surface area contributed by atoms with Crippen molar-refractivity contribution in [1.82, 2.24) is 4.98 Å². The van der Waals surface area contributed by atoms with Crippen molar-refractivity contribution in [2.75, 3.05) is 23.4 Å². The lowest BCUT2D eigenvalue weighted by molar-refractivity contribution is -0.116. The molecule has 27 heavy (non-hydrogen) atoms. The van der Waals surface area contributed by atoms with Gasteiger partial charge in [0.05, 0.1) is 24.9 Å². The molecule has 0 spiro atoms. The minimum absolute atomic E-state index is 0.113. The molecule has 2 aromatic carbocycles. The number of amides is 1. The maximum Gasteiger partial charge on any atom is 0.228 e. The molecule has 1 aliphatic rings. The number of nitrogens with zero attached hydrogens (tertiary/aromatic N) is 2. The highest BCUT2D eigenvalue weighted by Crippen LogP contribution is 2.33. The number of nitrogens with one attached hydrogen (secondary N) is 1. The third kappa shape index (κ3) is 4.08. The van der Waals surface area contributed by atoms with Crippen molar-refractivity contribution in [2.45, 2.75) is 12.8 Å². The SMILES string of the molecule is O=C(CCOc1ccccc1)Nc1ccc(N2CCc3ccccc32)cn1. The van der Waals surface area contributed by atoms with Crippen LogP contribution < -0.4 is 15.0 Å². The first kappa shape index (κ1) is 17.1. The largest absolute Gasteiger partial charge is 0.493 e. The van der Waals surface area contributed by atoms with E-state index in [0.29, 0.717) is 12.4 Å². The van der Waals surface area contributed by atoms with E-state index in [4.69, 9.17) is 4.74 Å². The second-order valence-corrected chi connectivity index (χ2v) is 6.39. The summed E-state index contributed by atoms with van der Waals surface area (Å²) < 4.78 is 5.55. The fourth-order valence-corrected chi connectivity index (χ4v) is 3.21. The number of hydrogen-bond acceptors (Lipinski definition) is 4. The summed E-state index contributed by atoms with van der Waals surface area (Å²) in [6.07, 6.45) is 3.12. The molecular formula is C22H21N3O2. The number of para-hydroxylation sites is 2. The summed E-state index contributed by atoms with van der Waals surface area (Å²) in [4.78, 5) is 18.7. The molecule has 0 aliphatic carbocycles. The van der Waals surface area contributed by atoms with Gasteiger partial charge in [-0.15, -0.1) is 0 Å². The zero-order valence-electron chi connectivity index (χ0n) is 15.0. The summed E-state index contributed by atoms with van der Waals surface area (Å²) in [5.41, 5.74) is 3.62. The second-order valence-electron chi connectivity index (χ2n) is 6.39. The van der Waals surface area contributed by atoms with Crippen molar-refractivity contribution in [3.05, 3.63) is 78.5 Å². The van der Waals surface area contributed by atoms with Crippen LogP contribution in [0.15, 0.2) is 72.9 Å². The highest BCUT2D eigenvalue weighted by atomic mass is 16.5. The Hall–Kier alpha value is -3.34. The van der Waals surface area contributed by atoms with Crippen LogP contribution >= 0.6 is 0 Å². The van der Waals surface area contributed by atoms with Crippen LogP contribution in [-0.2, 0) is 11.2 Å². The molecule has 1 aliphatic heterocycles. The van der Waals surface area contributed by atoms with E-state index in [9.17, 15) is 4.79 Å². The molecule has 3 aromatic rings. The maximum atomic E-state index is 12.1. The highest BCUT2D eigenvalue weighted by Gasteiger charge is 2.19. The predicted octanol–water partition coefficient (Wildman–Crippen LogP) is 4.18. The number of anilines is 3. The van der Waals surface area contributed by atoms with E-state index in [0.717, 1.165) is 24.4 Å². The van der Waals surface area contributed by atoms with Crippen molar-refractivity contribution in [2.24, 2.45) is 0 Å². The molecular weight excluding hydrogens is 338 g/mol. The Morgan fingerprint density at radius 1 is 1.04 bits per heavy atom. The second kappa shape index (κ2) is 7.91. The Balaban J connectivity index is 1.31. The van der Waals surface area contributed by atoms with E-state index in [1.54, 1.807) is 6.20 Å². The van der Waals surface area contributed by atoms with Crippen molar-refractivity contribution in [3.63, 3.8) is 0 Å². The Morgan fingerprint density at radius 3 is 2.67 bits per heavy atom. The molecule has 1 amide bonds. The minimum atomic E-state index is -0.113. The van der Waals surface area contributed by atoms with Gasteiger partial charge in [0.15, 0.2) is 0 Å². The van der Waals surface area contributed by atoms with Crippen LogP contribution in [0, 0.1) is 0 Å². The van der Waals surface area contributed by atoms with Gasteiger partial charge in [-0.05, 0) is 42.3 Å². The summed E-state index contributed by atoms with van der Waals surface area (Å²) in [5, 5.41) is 2.82. The molecule has 136 valence electrons. The number of ether oxygens (including phenoxy) is 1. The predicted molar refractivity (Wildman–Crippen MR) is 107 cm³/mol. The molecule has 0 bridgehead atoms. The van der Waals surface area contributed by atoms with E-state index >= 15 is 0 Å². The van der Waals surface area contributed by atoms with Gasteiger partial charge in [0.1, 0.15) is 11.6 Å². The molecule has 0 unspecified atom stereocenters. The molecule has 1 N–H and O–H groups in total. The molecule has 5 heteroatoms. The summed E-state index contributed by atoms with van der Waals surface area (Å²) in [6, 6.07) is 21.7. The van der Waals surface area contributed by atoms with Crippen molar-refractivity contribution in [1.29, 1.82) is 0 Å². The van der Waals surface area contributed by atoms with Crippen LogP contribution in [0.2, 0.25) is 0 Å². The van der Waals surface area contributed by atoms with Crippen LogP contribution in [-0.4, -0.2) is 24.0 Å². The first-order valence-corrected chi connectivity index (χ1v) is 9.09. The summed E-state index contributed by atoms with van der Waals surface area (Å²) in [5.74, 6) is 1.20. The Kier molecular flexibility index (Phi) is 5.01. The number of aromatic nitrogens is 1. The zero-order valence-corrected chi connectivity index (χ0v) is 15.0. The quantitative estimate of drug-likeness (QED) is 0.717. The molecule has 2 heterocycles. The lowest BCUT2D eigenvalue weighted by Crippen LogP contribution is -2.17. The van der Waals surface area contributed by atoms with Crippen LogP contribution in [0.25, 0.3) is 0 Å². The standard InChI is InChI=1S/C22H21N3O2/c26-22(13-15-27-19-7-2-1-3-8-19)24-21-11-10-18(16-23-21)25-14-12-17-6-4-5-9-20(17)25/h1-11,16H,12-15H2,(H,23,24,26). The minimum Gasteiger partial charge on any atom is -0.493 e. The van der Waals surface area contributed by atoms with Gasteiger partial charge in [-0.1, -0.05) is 36.4 Å². The van der Waals surface area contributed by atoms with E-state index < -0.39 is 0 Å². The summed E-state index contributed by atoms with van der Waals surface area (Å²) in [7, 11) is 0. The first-order valence-electron chi connectivity index (χ1n) is 9.09. The van der Waals surface area contributed by atoms with Crippen LogP contribution in [0.4, 0.5) is 17.2 Å².